The van der Waals surface area contributed by atoms with E-state index < -0.39 is 0 Å². The molecule has 1 atom stereocenters. The van der Waals surface area contributed by atoms with E-state index in [1.807, 2.05) is 36.1 Å². The van der Waals surface area contributed by atoms with Crippen LogP contribution in [0.5, 0.6) is 0 Å². The van der Waals surface area contributed by atoms with Crippen molar-refractivity contribution in [3.63, 3.8) is 0 Å². The van der Waals surface area contributed by atoms with Gasteiger partial charge in [0.1, 0.15) is 5.82 Å². The highest BCUT2D eigenvalue weighted by Gasteiger charge is 2.24. The number of para-hydroxylation sites is 1. The molecule has 4 heterocycles. The van der Waals surface area contributed by atoms with Gasteiger partial charge >= 0.3 is 0 Å². The Morgan fingerprint density at radius 1 is 1.26 bits per heavy atom. The van der Waals surface area contributed by atoms with E-state index in [-0.39, 0.29) is 24.4 Å². The number of nitrogens with zero attached hydrogens (tertiary/aromatic N) is 6. The quantitative estimate of drug-likeness (QED) is 0.442. The first-order valence-electron chi connectivity index (χ1n) is 9.84. The monoisotopic (exact) mass is 437 g/mol. The Morgan fingerprint density at radius 2 is 2.13 bits per heavy atom. The fourth-order valence-corrected chi connectivity index (χ4v) is 3.99. The first-order valence-corrected chi connectivity index (χ1v) is 10.2. The first-order chi connectivity index (χ1) is 15.0. The third-order valence-electron chi connectivity index (χ3n) is 5.23. The second kappa shape index (κ2) is 7.55. The number of amides is 1. The van der Waals surface area contributed by atoms with Crippen molar-refractivity contribution in [2.75, 3.05) is 35.6 Å². The number of carbonyl (C=O) groups excluding carboxylic acids is 1. The molecule has 1 aliphatic heterocycles. The number of halogens is 1. The van der Waals surface area contributed by atoms with Crippen LogP contribution in [-0.4, -0.2) is 50.1 Å². The first kappa shape index (κ1) is 19.3. The van der Waals surface area contributed by atoms with Gasteiger partial charge in [-0.05, 0) is 19.1 Å². The lowest BCUT2D eigenvalue weighted by atomic mass is 10.0. The number of fused-ring (bicyclic) bond motifs is 2. The highest BCUT2D eigenvalue weighted by molar-refractivity contribution is 6.35. The number of aromatic nitrogens is 5. The highest BCUT2D eigenvalue weighted by atomic mass is 35.5. The summed E-state index contributed by atoms with van der Waals surface area (Å²) >= 11 is 6.41. The fourth-order valence-electron chi connectivity index (χ4n) is 3.77. The van der Waals surface area contributed by atoms with Crippen LogP contribution < -0.4 is 21.3 Å². The third-order valence-corrected chi connectivity index (χ3v) is 5.53. The number of nitrogens with one attached hydrogen (secondary N) is 2. The maximum absolute atomic E-state index is 12.0. The van der Waals surface area contributed by atoms with Crippen molar-refractivity contribution in [3.05, 3.63) is 47.1 Å². The molecule has 1 saturated heterocycles. The van der Waals surface area contributed by atoms with Gasteiger partial charge in [-0.15, -0.1) is 0 Å². The van der Waals surface area contributed by atoms with Crippen LogP contribution in [0.25, 0.3) is 16.6 Å². The minimum atomic E-state index is -0.224. The van der Waals surface area contributed by atoms with Crippen molar-refractivity contribution >= 4 is 51.8 Å². The molecule has 4 N–H and O–H groups in total. The summed E-state index contributed by atoms with van der Waals surface area (Å²) in [4.78, 5) is 27.3. The smallest absolute Gasteiger partial charge is 0.239 e. The molecule has 0 aliphatic carbocycles. The van der Waals surface area contributed by atoms with Gasteiger partial charge in [0.2, 0.25) is 17.8 Å². The molecule has 0 bridgehead atoms. The molecule has 5 rings (SSSR count). The molecule has 1 aromatic carbocycles. The molecule has 158 valence electrons. The Hall–Kier alpha value is -3.66. The number of benzene rings is 1. The van der Waals surface area contributed by atoms with Crippen molar-refractivity contribution < 1.29 is 4.79 Å². The molecule has 3 aromatic heterocycles. The summed E-state index contributed by atoms with van der Waals surface area (Å²) in [5.74, 6) is 1.28. The van der Waals surface area contributed by atoms with E-state index >= 15 is 0 Å². The number of pyridine rings is 1. The molecule has 0 saturated carbocycles. The summed E-state index contributed by atoms with van der Waals surface area (Å²) in [6.07, 6.45) is 1.64. The van der Waals surface area contributed by atoms with E-state index in [1.54, 1.807) is 16.8 Å². The van der Waals surface area contributed by atoms with Gasteiger partial charge in [-0.2, -0.15) is 19.6 Å². The van der Waals surface area contributed by atoms with Crippen molar-refractivity contribution in [1.29, 1.82) is 0 Å². The van der Waals surface area contributed by atoms with Crippen LogP contribution in [0.1, 0.15) is 18.5 Å². The number of hydrogen-bond donors (Lipinski definition) is 3. The minimum Gasteiger partial charge on any atom is -0.368 e. The largest absolute Gasteiger partial charge is 0.368 e. The normalized spacial score (nSPS) is 15.3. The molecule has 1 amide bonds. The lowest BCUT2D eigenvalue weighted by Crippen LogP contribution is -2.48. The Morgan fingerprint density at radius 3 is 2.97 bits per heavy atom. The number of carbonyl (C=O) groups is 1. The standard InChI is InChI=1S/C20H20ClN9O/c1-11(25-20-28-19(22)26-15-5-6-24-30(15)20)13-9-12-3-2-4-14(21)17(12)27-18(13)29-8-7-23-16(31)10-29/h2-6,9,11H,7-8,10H2,1H3,(H,23,31)(H3,22,25,26,28). The summed E-state index contributed by atoms with van der Waals surface area (Å²) in [6.45, 7) is 3.43. The predicted octanol–water partition coefficient (Wildman–Crippen LogP) is 2.02. The second-order valence-electron chi connectivity index (χ2n) is 7.36. The van der Waals surface area contributed by atoms with Gasteiger partial charge in [-0.1, -0.05) is 23.7 Å². The molecule has 0 spiro atoms. The summed E-state index contributed by atoms with van der Waals surface area (Å²) in [6, 6.07) is 9.23. The number of nitrogens with two attached hydrogens (primary N) is 1. The number of anilines is 3. The molecule has 1 unspecified atom stereocenters. The summed E-state index contributed by atoms with van der Waals surface area (Å²) in [7, 11) is 0. The average molecular weight is 438 g/mol. The van der Waals surface area contributed by atoms with Gasteiger partial charge in [0, 0.05) is 30.1 Å². The van der Waals surface area contributed by atoms with E-state index in [0.29, 0.717) is 41.0 Å². The van der Waals surface area contributed by atoms with E-state index in [9.17, 15) is 4.79 Å². The fraction of sp³-hybridized carbons (Fsp3) is 0.250. The zero-order chi connectivity index (χ0) is 21.5. The van der Waals surface area contributed by atoms with Crippen molar-refractivity contribution in [2.24, 2.45) is 0 Å². The lowest BCUT2D eigenvalue weighted by molar-refractivity contribution is -0.120. The van der Waals surface area contributed by atoms with Gasteiger partial charge in [-0.25, -0.2) is 4.98 Å². The summed E-state index contributed by atoms with van der Waals surface area (Å²) < 4.78 is 1.59. The number of piperazine rings is 1. The number of nitrogen functional groups attached to an aromatic ring is 1. The van der Waals surface area contributed by atoms with Crippen LogP contribution in [-0.2, 0) is 4.79 Å². The summed E-state index contributed by atoms with van der Waals surface area (Å²) in [5.41, 5.74) is 8.07. The number of hydrogen-bond acceptors (Lipinski definition) is 8. The molecule has 1 fully saturated rings. The van der Waals surface area contributed by atoms with Gasteiger partial charge in [0.25, 0.3) is 0 Å². The molecule has 31 heavy (non-hydrogen) atoms. The highest BCUT2D eigenvalue weighted by Crippen LogP contribution is 2.33. The number of rotatable bonds is 4. The van der Waals surface area contributed by atoms with Gasteiger partial charge < -0.3 is 21.3 Å². The van der Waals surface area contributed by atoms with E-state index in [2.05, 4.69) is 25.7 Å². The lowest BCUT2D eigenvalue weighted by Gasteiger charge is -2.31. The maximum atomic E-state index is 12.0. The molecular weight excluding hydrogens is 418 g/mol. The Balaban J connectivity index is 1.60. The Labute approximate surface area is 182 Å². The predicted molar refractivity (Wildman–Crippen MR) is 119 cm³/mol. The Kier molecular flexibility index (Phi) is 4.70. The Bertz CT molecular complexity index is 1300. The molecule has 11 heteroatoms. The van der Waals surface area contributed by atoms with Crippen LogP contribution in [0.4, 0.5) is 17.7 Å². The molecule has 0 radical (unpaired) electrons. The zero-order valence-corrected chi connectivity index (χ0v) is 17.5. The van der Waals surface area contributed by atoms with Crippen molar-refractivity contribution in [3.8, 4) is 0 Å². The van der Waals surface area contributed by atoms with Gasteiger partial charge in [0.15, 0.2) is 5.65 Å². The molecule has 1 aliphatic rings. The zero-order valence-electron chi connectivity index (χ0n) is 16.7. The summed E-state index contributed by atoms with van der Waals surface area (Å²) in [5, 5.41) is 12.0. The molecule has 10 nitrogen and oxygen atoms in total. The van der Waals surface area contributed by atoms with Gasteiger partial charge in [0.05, 0.1) is 29.3 Å². The maximum Gasteiger partial charge on any atom is 0.239 e. The second-order valence-corrected chi connectivity index (χ2v) is 7.76. The van der Waals surface area contributed by atoms with E-state index in [4.69, 9.17) is 22.3 Å². The van der Waals surface area contributed by atoms with Crippen LogP contribution in [0.2, 0.25) is 5.02 Å². The topological polar surface area (TPSA) is 126 Å². The van der Waals surface area contributed by atoms with Crippen LogP contribution in [0.15, 0.2) is 36.5 Å². The average Bonchev–Trinajstić information content (AvgIpc) is 3.22. The third kappa shape index (κ3) is 3.55. The molecular formula is C20H20ClN9O. The SMILES string of the molecule is CC(Nc1nc(N)nc2ccnn12)c1cc2cccc(Cl)c2nc1N1CCNC(=O)C1. The van der Waals surface area contributed by atoms with Crippen LogP contribution >= 0.6 is 11.6 Å². The van der Waals surface area contributed by atoms with Gasteiger partial charge in [-0.3, -0.25) is 4.79 Å². The minimum absolute atomic E-state index is 0.0410. The van der Waals surface area contributed by atoms with E-state index in [0.717, 1.165) is 10.9 Å². The molecule has 4 aromatic rings. The van der Waals surface area contributed by atoms with Crippen LogP contribution in [0, 0.1) is 0 Å². The van der Waals surface area contributed by atoms with E-state index in [1.165, 1.54) is 0 Å². The van der Waals surface area contributed by atoms with Crippen molar-refractivity contribution in [1.82, 2.24) is 29.9 Å². The van der Waals surface area contributed by atoms with Crippen LogP contribution in [0.3, 0.4) is 0 Å². The van der Waals surface area contributed by atoms with Crippen molar-refractivity contribution in [2.45, 2.75) is 13.0 Å².